The Morgan fingerprint density at radius 1 is 1.07 bits per heavy atom. The van der Waals surface area contributed by atoms with Gasteiger partial charge in [-0.15, -0.1) is 0 Å². The summed E-state index contributed by atoms with van der Waals surface area (Å²) in [4.78, 5) is 59.0. The molecule has 0 aromatic heterocycles. The molecule has 2 fully saturated rings. The first-order chi connectivity index (χ1) is 22.2. The molecule has 4 aliphatic heterocycles. The van der Waals surface area contributed by atoms with E-state index in [0.717, 1.165) is 5.56 Å². The summed E-state index contributed by atoms with van der Waals surface area (Å²) < 4.78 is 18.0. The molecule has 12 heteroatoms. The van der Waals surface area contributed by atoms with Crippen molar-refractivity contribution in [1.82, 2.24) is 10.2 Å². The van der Waals surface area contributed by atoms with Crippen LogP contribution in [0.1, 0.15) is 31.4 Å². The van der Waals surface area contributed by atoms with Crippen molar-refractivity contribution in [2.45, 2.75) is 49.6 Å². The number of methoxy groups -OCH3 is 1. The number of anilines is 1. The summed E-state index contributed by atoms with van der Waals surface area (Å²) in [6, 6.07) is 13.5. The van der Waals surface area contributed by atoms with Crippen molar-refractivity contribution >= 4 is 45.3 Å². The number of rotatable bonds is 5. The smallest absolute Gasteiger partial charge is 0.306 e. The van der Waals surface area contributed by atoms with Gasteiger partial charge in [0.05, 0.1) is 37.6 Å². The molecule has 6 rings (SSSR count). The average Bonchev–Trinajstić information content (AvgIpc) is 3.67. The molecule has 7 atom stereocenters. The number of amides is 3. The minimum Gasteiger partial charge on any atom is -0.497 e. The van der Waals surface area contributed by atoms with Crippen molar-refractivity contribution in [3.63, 3.8) is 0 Å². The summed E-state index contributed by atoms with van der Waals surface area (Å²) in [6.45, 7) is 1.30. The number of esters is 1. The Morgan fingerprint density at radius 3 is 2.50 bits per heavy atom. The maximum atomic E-state index is 14.8. The SMILES string of the molecule is COc1ccc(N2C/C=C\CCC(=O)OC[C@@H](c3ccccc3)NC(=O)[C@@H]3[C@H]4O[C@@]5(C=C4Br)[C@H](C2=O)N([C@H](C)CO)C(=O)[C@@H]35)cc1. The lowest BCUT2D eigenvalue weighted by Gasteiger charge is -2.37. The number of cyclic esters (lactones) is 1. The van der Waals surface area contributed by atoms with Crippen LogP contribution in [0.15, 0.2) is 77.3 Å². The number of halogens is 1. The van der Waals surface area contributed by atoms with Crippen LogP contribution in [-0.2, 0) is 28.7 Å². The zero-order valence-corrected chi connectivity index (χ0v) is 27.1. The van der Waals surface area contributed by atoms with Gasteiger partial charge < -0.3 is 34.4 Å². The van der Waals surface area contributed by atoms with E-state index in [4.69, 9.17) is 14.2 Å². The van der Waals surface area contributed by atoms with Crippen LogP contribution in [0.25, 0.3) is 0 Å². The Balaban J connectivity index is 1.46. The van der Waals surface area contributed by atoms with Crippen molar-refractivity contribution in [2.75, 3.05) is 31.8 Å². The number of nitrogens with zero attached hydrogens (tertiary/aromatic N) is 2. The average molecular weight is 695 g/mol. The van der Waals surface area contributed by atoms with Gasteiger partial charge in [-0.05, 0) is 49.2 Å². The molecule has 5 bridgehead atoms. The highest BCUT2D eigenvalue weighted by Gasteiger charge is 2.75. The van der Waals surface area contributed by atoms with Crippen LogP contribution >= 0.6 is 15.9 Å². The summed E-state index contributed by atoms with van der Waals surface area (Å²) in [5.41, 5.74) is -0.196. The van der Waals surface area contributed by atoms with Crippen molar-refractivity contribution in [2.24, 2.45) is 11.8 Å². The standard InChI is InChI=1S/C34H36BrN3O8/c1-20(18-39)38-30-33(43)37(22-12-14-23(44-2)15-13-22)16-8-4-7-11-26(40)45-19-25(21-9-5-3-6-10-21)36-31(41)27-28(32(38)42)34(30)17-24(35)29(27)46-34/h3-6,8-10,12-15,17,20,25,27-30,39H,7,11,16,18-19H2,1-2H3,(H,36,41)/b8-4-/t20-,25+,27+,28-,29+,30+,34-/m1/s1. The van der Waals surface area contributed by atoms with Crippen LogP contribution in [0.5, 0.6) is 5.75 Å². The molecule has 2 N–H and O–H groups in total. The van der Waals surface area contributed by atoms with Crippen LogP contribution in [0.4, 0.5) is 5.69 Å². The summed E-state index contributed by atoms with van der Waals surface area (Å²) in [7, 11) is 1.55. The minimum atomic E-state index is -1.47. The number of carbonyl (C=O) groups excluding carboxylic acids is 4. The van der Waals surface area contributed by atoms with E-state index in [-0.39, 0.29) is 19.6 Å². The van der Waals surface area contributed by atoms with Gasteiger partial charge >= 0.3 is 5.97 Å². The third-order valence-corrected chi connectivity index (χ3v) is 9.87. The van der Waals surface area contributed by atoms with Crippen molar-refractivity contribution in [1.29, 1.82) is 0 Å². The Morgan fingerprint density at radius 2 is 1.80 bits per heavy atom. The molecule has 11 nitrogen and oxygen atoms in total. The first-order valence-corrected chi connectivity index (χ1v) is 16.1. The van der Waals surface area contributed by atoms with E-state index in [1.165, 1.54) is 9.80 Å². The molecule has 0 aliphatic carbocycles. The number of allylic oxidation sites excluding steroid dienone is 1. The third kappa shape index (κ3) is 5.52. The highest BCUT2D eigenvalue weighted by molar-refractivity contribution is 9.11. The zero-order chi connectivity index (χ0) is 32.6. The van der Waals surface area contributed by atoms with Gasteiger partial charge in [0, 0.05) is 23.1 Å². The van der Waals surface area contributed by atoms with Crippen LogP contribution in [0, 0.1) is 11.8 Å². The lowest BCUT2D eigenvalue weighted by atomic mass is 9.74. The van der Waals surface area contributed by atoms with Gasteiger partial charge in [0.2, 0.25) is 11.8 Å². The summed E-state index contributed by atoms with van der Waals surface area (Å²) in [6.07, 6.45) is 5.00. The first-order valence-electron chi connectivity index (χ1n) is 15.3. The highest BCUT2D eigenvalue weighted by atomic mass is 79.9. The van der Waals surface area contributed by atoms with Crippen molar-refractivity contribution < 1.29 is 38.5 Å². The van der Waals surface area contributed by atoms with Gasteiger partial charge in [-0.25, -0.2) is 0 Å². The molecule has 242 valence electrons. The molecule has 0 unspecified atom stereocenters. The number of carbonyl (C=O) groups is 4. The van der Waals surface area contributed by atoms with E-state index in [1.54, 1.807) is 56.5 Å². The van der Waals surface area contributed by atoms with Gasteiger partial charge in [0.1, 0.15) is 30.1 Å². The molecule has 0 saturated carbocycles. The number of fused-ring (bicyclic) bond motifs is 2. The number of nitrogens with one attached hydrogen (secondary N) is 1. The molecule has 1 spiro atoms. The normalized spacial score (nSPS) is 31.2. The predicted octanol–water partition coefficient (Wildman–Crippen LogP) is 3.03. The lowest BCUT2D eigenvalue weighted by molar-refractivity contribution is -0.146. The summed E-state index contributed by atoms with van der Waals surface area (Å²) in [5, 5.41) is 13.3. The van der Waals surface area contributed by atoms with Gasteiger partial charge in [-0.1, -0.05) is 58.4 Å². The van der Waals surface area contributed by atoms with Gasteiger partial charge in [0.15, 0.2) is 0 Å². The Kier molecular flexibility index (Phi) is 9.04. The van der Waals surface area contributed by atoms with Crippen molar-refractivity contribution in [3.05, 3.63) is 82.9 Å². The monoisotopic (exact) mass is 693 g/mol. The number of benzene rings is 2. The molecule has 2 saturated heterocycles. The van der Waals surface area contributed by atoms with Crippen LogP contribution in [0.3, 0.4) is 0 Å². The van der Waals surface area contributed by atoms with E-state index in [2.05, 4.69) is 21.2 Å². The number of likely N-dealkylation sites (tertiary alicyclic amines) is 1. The van der Waals surface area contributed by atoms with Crippen LogP contribution in [0.2, 0.25) is 0 Å². The fraction of sp³-hybridized carbons (Fsp3) is 0.412. The molecular formula is C34H36BrN3O8. The van der Waals surface area contributed by atoms with Crippen LogP contribution in [-0.4, -0.2) is 84.4 Å². The molecule has 4 aliphatic rings. The Hall–Kier alpha value is -4.00. The fourth-order valence-corrected chi connectivity index (χ4v) is 7.69. The molecular weight excluding hydrogens is 658 g/mol. The van der Waals surface area contributed by atoms with E-state index in [0.29, 0.717) is 22.3 Å². The second-order valence-electron chi connectivity index (χ2n) is 11.9. The fourth-order valence-electron chi connectivity index (χ4n) is 6.95. The Bertz CT molecular complexity index is 1560. The van der Waals surface area contributed by atoms with E-state index in [9.17, 15) is 24.3 Å². The van der Waals surface area contributed by atoms with Crippen LogP contribution < -0.4 is 15.0 Å². The molecule has 3 amide bonds. The summed E-state index contributed by atoms with van der Waals surface area (Å²) >= 11 is 3.57. The zero-order valence-electron chi connectivity index (χ0n) is 25.5. The molecule has 2 aromatic rings. The lowest BCUT2D eigenvalue weighted by Crippen LogP contribution is -2.58. The summed E-state index contributed by atoms with van der Waals surface area (Å²) in [5.74, 6) is -3.21. The molecule has 2 aromatic carbocycles. The van der Waals surface area contributed by atoms with Gasteiger partial charge in [0.25, 0.3) is 5.91 Å². The predicted molar refractivity (Wildman–Crippen MR) is 171 cm³/mol. The quantitative estimate of drug-likeness (QED) is 0.361. The highest BCUT2D eigenvalue weighted by Crippen LogP contribution is 2.59. The second kappa shape index (κ2) is 13.0. The maximum absolute atomic E-state index is 14.8. The second-order valence-corrected chi connectivity index (χ2v) is 12.8. The third-order valence-electron chi connectivity index (χ3n) is 9.19. The first kappa shape index (κ1) is 32.0. The van der Waals surface area contributed by atoms with E-state index < -0.39 is 72.0 Å². The molecule has 0 radical (unpaired) electrons. The maximum Gasteiger partial charge on any atom is 0.306 e. The molecule has 46 heavy (non-hydrogen) atoms. The van der Waals surface area contributed by atoms with Gasteiger partial charge in [-0.2, -0.15) is 0 Å². The number of aliphatic hydroxyl groups is 1. The van der Waals surface area contributed by atoms with Gasteiger partial charge in [-0.3, -0.25) is 19.2 Å². The van der Waals surface area contributed by atoms with E-state index in [1.807, 2.05) is 30.3 Å². The number of hydrogen-bond donors (Lipinski definition) is 2. The largest absolute Gasteiger partial charge is 0.497 e. The number of aliphatic hydroxyl groups excluding tert-OH is 1. The number of ether oxygens (including phenoxy) is 3. The minimum absolute atomic E-state index is 0.0999. The van der Waals surface area contributed by atoms with E-state index >= 15 is 0 Å². The Labute approximate surface area is 275 Å². The number of hydrogen-bond acceptors (Lipinski definition) is 8. The topological polar surface area (TPSA) is 135 Å². The molecule has 4 heterocycles. The van der Waals surface area contributed by atoms with Crippen molar-refractivity contribution in [3.8, 4) is 5.75 Å².